The molecule has 0 radical (unpaired) electrons. The predicted octanol–water partition coefficient (Wildman–Crippen LogP) is 4.98. The molecule has 0 amide bonds. The molecule has 0 aliphatic carbocycles. The zero-order valence-corrected chi connectivity index (χ0v) is 15.9. The number of pyridine rings is 1. The Labute approximate surface area is 170 Å². The Kier molecular flexibility index (Phi) is 5.52. The van der Waals surface area contributed by atoms with E-state index in [0.717, 1.165) is 24.1 Å². The highest BCUT2D eigenvalue weighted by Gasteiger charge is 2.33. The van der Waals surface area contributed by atoms with Crippen molar-refractivity contribution >= 4 is 11.6 Å². The summed E-state index contributed by atoms with van der Waals surface area (Å²) in [5.41, 5.74) is 0.921. The fourth-order valence-electron chi connectivity index (χ4n) is 3.63. The molecule has 3 heterocycles. The first kappa shape index (κ1) is 20.1. The van der Waals surface area contributed by atoms with Gasteiger partial charge in [-0.25, -0.2) is 9.97 Å². The van der Waals surface area contributed by atoms with E-state index in [9.17, 15) is 13.2 Å². The summed E-state index contributed by atoms with van der Waals surface area (Å²) in [4.78, 5) is 13.8. The lowest BCUT2D eigenvalue weighted by atomic mass is 10.0. The van der Waals surface area contributed by atoms with Gasteiger partial charge in [0.25, 0.3) is 0 Å². The highest BCUT2D eigenvalue weighted by atomic mass is 19.4. The van der Waals surface area contributed by atoms with Gasteiger partial charge in [-0.3, -0.25) is 4.98 Å². The molecule has 1 unspecified atom stereocenters. The van der Waals surface area contributed by atoms with Crippen LogP contribution in [0.15, 0.2) is 55.1 Å². The predicted molar refractivity (Wildman–Crippen MR) is 104 cm³/mol. The Bertz CT molecular complexity index is 993. The van der Waals surface area contributed by atoms with Crippen LogP contribution < -0.4 is 10.2 Å². The molecule has 156 valence electrons. The van der Waals surface area contributed by atoms with E-state index in [-0.39, 0.29) is 17.7 Å². The van der Waals surface area contributed by atoms with Crippen LogP contribution in [0.3, 0.4) is 0 Å². The maximum atomic E-state index is 15.1. The van der Waals surface area contributed by atoms with Gasteiger partial charge in [-0.05, 0) is 48.2 Å². The molecule has 9 heteroatoms. The lowest BCUT2D eigenvalue weighted by molar-refractivity contribution is -0.137. The van der Waals surface area contributed by atoms with Crippen LogP contribution in [0.4, 0.5) is 29.2 Å². The van der Waals surface area contributed by atoms with E-state index in [4.69, 9.17) is 0 Å². The molecule has 1 aliphatic rings. The van der Waals surface area contributed by atoms with Gasteiger partial charge in [0.05, 0.1) is 11.6 Å². The minimum atomic E-state index is -4.39. The number of benzene rings is 1. The summed E-state index contributed by atoms with van der Waals surface area (Å²) in [6, 6.07) is 8.40. The van der Waals surface area contributed by atoms with E-state index in [2.05, 4.69) is 20.3 Å². The Morgan fingerprint density at radius 2 is 1.77 bits per heavy atom. The van der Waals surface area contributed by atoms with Crippen molar-refractivity contribution in [3.05, 3.63) is 77.6 Å². The summed E-state index contributed by atoms with van der Waals surface area (Å²) in [5, 5.41) is 2.97. The standard InChI is InChI=1S/C21H19F4N5/c22-18-19(27-12-14-7-9-26-10-8-14)28-13-29-20(18)30-11-1-2-17(30)15-3-5-16(6-4-15)21(23,24)25/h3-10,13,17H,1-2,11-12H2,(H,27,28,29). The molecule has 3 aromatic rings. The lowest BCUT2D eigenvalue weighted by Gasteiger charge is -2.27. The topological polar surface area (TPSA) is 53.9 Å². The van der Waals surface area contributed by atoms with Gasteiger partial charge >= 0.3 is 6.18 Å². The molecule has 1 fully saturated rings. The molecular formula is C21H19F4N5. The molecule has 0 bridgehead atoms. The second-order valence-corrected chi connectivity index (χ2v) is 7.04. The van der Waals surface area contributed by atoms with Crippen molar-refractivity contribution in [1.82, 2.24) is 15.0 Å². The zero-order valence-electron chi connectivity index (χ0n) is 15.9. The highest BCUT2D eigenvalue weighted by molar-refractivity contribution is 5.53. The average Bonchev–Trinajstić information content (AvgIpc) is 3.23. The van der Waals surface area contributed by atoms with Crippen molar-refractivity contribution in [1.29, 1.82) is 0 Å². The molecule has 2 aromatic heterocycles. The van der Waals surface area contributed by atoms with Gasteiger partial charge in [-0.15, -0.1) is 0 Å². The smallest absolute Gasteiger partial charge is 0.363 e. The van der Waals surface area contributed by atoms with Crippen LogP contribution in [0.1, 0.15) is 35.6 Å². The number of rotatable bonds is 5. The van der Waals surface area contributed by atoms with E-state index in [0.29, 0.717) is 25.1 Å². The molecule has 0 spiro atoms. The van der Waals surface area contributed by atoms with Crippen LogP contribution in [0.2, 0.25) is 0 Å². The van der Waals surface area contributed by atoms with E-state index < -0.39 is 17.6 Å². The van der Waals surface area contributed by atoms with E-state index in [1.165, 1.54) is 18.5 Å². The molecule has 0 saturated carbocycles. The van der Waals surface area contributed by atoms with Crippen LogP contribution in [0.25, 0.3) is 0 Å². The average molecular weight is 417 g/mol. The molecule has 1 N–H and O–H groups in total. The molecular weight excluding hydrogens is 398 g/mol. The lowest BCUT2D eigenvalue weighted by Crippen LogP contribution is -2.25. The third kappa shape index (κ3) is 4.19. The third-order valence-corrected chi connectivity index (χ3v) is 5.13. The van der Waals surface area contributed by atoms with Gasteiger partial charge in [-0.1, -0.05) is 12.1 Å². The molecule has 1 aromatic carbocycles. The minimum Gasteiger partial charge on any atom is -0.363 e. The van der Waals surface area contributed by atoms with Crippen molar-refractivity contribution in [2.75, 3.05) is 16.8 Å². The van der Waals surface area contributed by atoms with Crippen LogP contribution in [-0.2, 0) is 12.7 Å². The minimum absolute atomic E-state index is 0.0786. The Morgan fingerprint density at radius 3 is 2.47 bits per heavy atom. The van der Waals surface area contributed by atoms with E-state index in [1.807, 2.05) is 12.1 Å². The third-order valence-electron chi connectivity index (χ3n) is 5.13. The molecule has 4 rings (SSSR count). The summed E-state index contributed by atoms with van der Waals surface area (Å²) in [5.74, 6) is -0.357. The van der Waals surface area contributed by atoms with Gasteiger partial charge in [-0.2, -0.15) is 17.6 Å². The van der Waals surface area contributed by atoms with E-state index in [1.54, 1.807) is 17.3 Å². The van der Waals surface area contributed by atoms with Crippen molar-refractivity contribution in [2.45, 2.75) is 31.6 Å². The normalized spacial score (nSPS) is 16.7. The second-order valence-electron chi connectivity index (χ2n) is 7.04. The maximum Gasteiger partial charge on any atom is 0.416 e. The number of hydrogen-bond acceptors (Lipinski definition) is 5. The first-order chi connectivity index (χ1) is 14.4. The molecule has 1 aliphatic heterocycles. The number of hydrogen-bond donors (Lipinski definition) is 1. The SMILES string of the molecule is Fc1c(NCc2ccncc2)ncnc1N1CCCC1c1ccc(C(F)(F)F)cc1. The highest BCUT2D eigenvalue weighted by Crippen LogP contribution is 2.38. The molecule has 30 heavy (non-hydrogen) atoms. The fourth-order valence-corrected chi connectivity index (χ4v) is 3.63. The summed E-state index contributed by atoms with van der Waals surface area (Å²) in [6.07, 6.45) is 1.69. The quantitative estimate of drug-likeness (QED) is 0.594. The van der Waals surface area contributed by atoms with Crippen LogP contribution >= 0.6 is 0 Å². The van der Waals surface area contributed by atoms with Crippen LogP contribution in [-0.4, -0.2) is 21.5 Å². The zero-order chi connectivity index (χ0) is 21.1. The maximum absolute atomic E-state index is 15.1. The number of nitrogens with one attached hydrogen (secondary N) is 1. The molecule has 1 saturated heterocycles. The van der Waals surface area contributed by atoms with Gasteiger partial charge in [0.15, 0.2) is 11.6 Å². The first-order valence-corrected chi connectivity index (χ1v) is 9.50. The monoisotopic (exact) mass is 417 g/mol. The molecule has 1 atom stereocenters. The largest absolute Gasteiger partial charge is 0.416 e. The number of nitrogens with zero attached hydrogens (tertiary/aromatic N) is 4. The van der Waals surface area contributed by atoms with E-state index >= 15 is 4.39 Å². The molecule has 5 nitrogen and oxygen atoms in total. The number of aromatic nitrogens is 3. The first-order valence-electron chi connectivity index (χ1n) is 9.50. The Balaban J connectivity index is 1.55. The van der Waals surface area contributed by atoms with Crippen LogP contribution in [0, 0.1) is 5.82 Å². The van der Waals surface area contributed by atoms with Crippen LogP contribution in [0.5, 0.6) is 0 Å². The Hall–Kier alpha value is -3.23. The van der Waals surface area contributed by atoms with Crippen molar-refractivity contribution < 1.29 is 17.6 Å². The number of alkyl halides is 3. The van der Waals surface area contributed by atoms with Gasteiger partial charge in [0.2, 0.25) is 5.82 Å². The van der Waals surface area contributed by atoms with Crippen molar-refractivity contribution in [2.24, 2.45) is 0 Å². The van der Waals surface area contributed by atoms with Crippen molar-refractivity contribution in [3.63, 3.8) is 0 Å². The summed E-state index contributed by atoms with van der Waals surface area (Å²) in [7, 11) is 0. The number of anilines is 2. The summed E-state index contributed by atoms with van der Waals surface area (Å²) < 4.78 is 53.7. The second kappa shape index (κ2) is 8.25. The summed E-state index contributed by atoms with van der Waals surface area (Å²) in [6.45, 7) is 0.932. The number of halogens is 4. The van der Waals surface area contributed by atoms with Crippen molar-refractivity contribution in [3.8, 4) is 0 Å². The Morgan fingerprint density at radius 1 is 1.03 bits per heavy atom. The van der Waals surface area contributed by atoms with Gasteiger partial charge < -0.3 is 10.2 Å². The van der Waals surface area contributed by atoms with Gasteiger partial charge in [0, 0.05) is 25.5 Å². The summed E-state index contributed by atoms with van der Waals surface area (Å²) >= 11 is 0. The van der Waals surface area contributed by atoms with Gasteiger partial charge in [0.1, 0.15) is 6.33 Å². The fraction of sp³-hybridized carbons (Fsp3) is 0.286.